The van der Waals surface area contributed by atoms with Gasteiger partial charge in [0, 0.05) is 30.4 Å². The van der Waals surface area contributed by atoms with Gasteiger partial charge in [0.1, 0.15) is 11.5 Å². The van der Waals surface area contributed by atoms with Crippen molar-refractivity contribution >= 4 is 17.6 Å². The van der Waals surface area contributed by atoms with Crippen LogP contribution < -0.4 is 5.32 Å². The van der Waals surface area contributed by atoms with Gasteiger partial charge >= 0.3 is 5.97 Å². The van der Waals surface area contributed by atoms with E-state index in [1.165, 1.54) is 7.11 Å². The largest absolute Gasteiger partial charge is 0.504 e. The molecule has 0 saturated carbocycles. The lowest BCUT2D eigenvalue weighted by atomic mass is 9.67. The van der Waals surface area contributed by atoms with Crippen molar-refractivity contribution in [2.45, 2.75) is 37.6 Å². The molecule has 0 bridgehead atoms. The van der Waals surface area contributed by atoms with Crippen molar-refractivity contribution in [3.63, 3.8) is 0 Å². The molecule has 6 nitrogen and oxygen atoms in total. The number of ether oxygens (including phenoxy) is 2. The number of carbonyl (C=O) groups is 2. The van der Waals surface area contributed by atoms with E-state index < -0.39 is 5.41 Å². The number of nitrogens with one attached hydrogen (secondary N) is 1. The minimum Gasteiger partial charge on any atom is -0.504 e. The molecule has 3 aliphatic rings. The number of methoxy groups -OCH3 is 2. The summed E-state index contributed by atoms with van der Waals surface area (Å²) in [5.41, 5.74) is 2.10. The highest BCUT2D eigenvalue weighted by Gasteiger charge is 2.66. The lowest BCUT2D eigenvalue weighted by molar-refractivity contribution is -0.932. The van der Waals surface area contributed by atoms with Crippen LogP contribution >= 0.6 is 0 Å². The monoisotopic (exact) mass is 399 g/mol. The maximum Gasteiger partial charge on any atom is 0.337 e. The highest BCUT2D eigenvalue weighted by molar-refractivity contribution is 6.07. The number of hydrogen-bond donors (Lipinski definition) is 1. The van der Waals surface area contributed by atoms with E-state index in [0.717, 1.165) is 48.1 Å². The van der Waals surface area contributed by atoms with E-state index in [0.29, 0.717) is 11.5 Å². The molecule has 1 spiro atoms. The molecule has 0 radical (unpaired) electrons. The number of anilines is 1. The van der Waals surface area contributed by atoms with Crippen LogP contribution in [0.1, 0.15) is 31.7 Å². The summed E-state index contributed by atoms with van der Waals surface area (Å²) in [4.78, 5) is 25.9. The second-order valence-electron chi connectivity index (χ2n) is 8.93. The van der Waals surface area contributed by atoms with Gasteiger partial charge in [-0.3, -0.25) is 4.79 Å². The molecule has 29 heavy (non-hydrogen) atoms. The molecule has 3 aliphatic heterocycles. The van der Waals surface area contributed by atoms with Crippen molar-refractivity contribution in [1.82, 2.24) is 0 Å². The smallest absolute Gasteiger partial charge is 0.337 e. The lowest BCUT2D eigenvalue weighted by Crippen LogP contribution is -2.62. The number of nitrogens with zero attached hydrogens (tertiary/aromatic N) is 1. The van der Waals surface area contributed by atoms with Crippen LogP contribution in [0.3, 0.4) is 0 Å². The average Bonchev–Trinajstić information content (AvgIpc) is 3.19. The van der Waals surface area contributed by atoms with Crippen LogP contribution in [0.25, 0.3) is 0 Å². The van der Waals surface area contributed by atoms with Gasteiger partial charge in [-0.2, -0.15) is 0 Å². The number of fused-ring (bicyclic) bond motifs is 4. The molecule has 6 heteroatoms. The summed E-state index contributed by atoms with van der Waals surface area (Å²) in [5, 5.41) is 3.13. The zero-order chi connectivity index (χ0) is 20.8. The number of hydrogen-bond acceptors (Lipinski definition) is 4. The highest BCUT2D eigenvalue weighted by Crippen LogP contribution is 2.55. The molecule has 1 aromatic rings. The standard InChI is InChI=1S/C23H30N2O4/c1-5-15-13-25(2)11-10-23(18-8-6-7-9-19(18)24-22(23)27)20(25)12-16(15)17(14-28-3)21(26)29-4/h6-9,14-16,20H,5,10-13H2,1-4H3/p+1/b17-14+/t15-,16-,20+,23+,25+/m0/s1. The molecule has 5 atom stereocenters. The Morgan fingerprint density at radius 2 is 2.10 bits per heavy atom. The minimum atomic E-state index is -0.531. The third-order valence-electron chi connectivity index (χ3n) is 7.69. The fourth-order valence-electron chi connectivity index (χ4n) is 6.30. The van der Waals surface area contributed by atoms with Gasteiger partial charge in [0.15, 0.2) is 0 Å². The number of piperidine rings is 1. The van der Waals surface area contributed by atoms with E-state index in [2.05, 4.69) is 25.4 Å². The third-order valence-corrected chi connectivity index (χ3v) is 7.69. The first-order valence-electron chi connectivity index (χ1n) is 10.5. The Hall–Kier alpha value is -2.34. The molecule has 1 N–H and O–H groups in total. The van der Waals surface area contributed by atoms with E-state index in [9.17, 15) is 9.59 Å². The van der Waals surface area contributed by atoms with Crippen molar-refractivity contribution < 1.29 is 23.5 Å². The number of quaternary nitrogens is 1. The summed E-state index contributed by atoms with van der Waals surface area (Å²) >= 11 is 0. The van der Waals surface area contributed by atoms with Crippen LogP contribution in [-0.2, 0) is 24.5 Å². The molecule has 0 aliphatic carbocycles. The lowest BCUT2D eigenvalue weighted by Gasteiger charge is -2.49. The maximum absolute atomic E-state index is 13.3. The average molecular weight is 400 g/mol. The van der Waals surface area contributed by atoms with Crippen molar-refractivity contribution in [3.05, 3.63) is 41.7 Å². The number of esters is 1. The molecule has 1 aromatic carbocycles. The minimum absolute atomic E-state index is 0.0131. The molecular formula is C23H31N2O4+. The molecule has 2 saturated heterocycles. The topological polar surface area (TPSA) is 64.6 Å². The third kappa shape index (κ3) is 2.80. The number of rotatable bonds is 4. The van der Waals surface area contributed by atoms with Gasteiger partial charge in [-0.25, -0.2) is 4.79 Å². The first-order valence-corrected chi connectivity index (χ1v) is 10.5. The Bertz CT molecular complexity index is 866. The number of amides is 1. The predicted octanol–water partition coefficient (Wildman–Crippen LogP) is 2.84. The predicted molar refractivity (Wildman–Crippen MR) is 110 cm³/mol. The number of likely N-dealkylation sites (N-methyl/N-ethyl adjacent to an activating group) is 1. The molecule has 3 heterocycles. The first kappa shape index (κ1) is 20.0. The first-order chi connectivity index (χ1) is 13.9. The van der Waals surface area contributed by atoms with Crippen molar-refractivity contribution in [2.75, 3.05) is 39.7 Å². The van der Waals surface area contributed by atoms with Gasteiger partial charge in [0.25, 0.3) is 0 Å². The van der Waals surface area contributed by atoms with E-state index in [1.807, 2.05) is 18.2 Å². The summed E-state index contributed by atoms with van der Waals surface area (Å²) in [7, 11) is 5.25. The Labute approximate surface area is 172 Å². The van der Waals surface area contributed by atoms with Gasteiger partial charge in [0.05, 0.1) is 46.2 Å². The second-order valence-corrected chi connectivity index (χ2v) is 8.93. The Morgan fingerprint density at radius 1 is 1.34 bits per heavy atom. The number of carbonyl (C=O) groups excluding carboxylic acids is 2. The van der Waals surface area contributed by atoms with Crippen LogP contribution in [0.4, 0.5) is 5.69 Å². The van der Waals surface area contributed by atoms with Gasteiger partial charge < -0.3 is 19.3 Å². The van der Waals surface area contributed by atoms with Crippen molar-refractivity contribution in [1.29, 1.82) is 0 Å². The fourth-order valence-corrected chi connectivity index (χ4v) is 6.30. The summed E-state index contributed by atoms with van der Waals surface area (Å²) in [6.07, 6.45) is 4.11. The highest BCUT2D eigenvalue weighted by atomic mass is 16.5. The van der Waals surface area contributed by atoms with Crippen molar-refractivity contribution in [2.24, 2.45) is 11.8 Å². The normalized spacial score (nSPS) is 35.8. The van der Waals surface area contributed by atoms with E-state index in [1.54, 1.807) is 13.4 Å². The number of para-hydroxylation sites is 1. The van der Waals surface area contributed by atoms with Crippen LogP contribution in [0.5, 0.6) is 0 Å². The summed E-state index contributed by atoms with van der Waals surface area (Å²) in [6, 6.07) is 8.18. The van der Waals surface area contributed by atoms with Gasteiger partial charge in [-0.1, -0.05) is 25.1 Å². The van der Waals surface area contributed by atoms with Crippen molar-refractivity contribution in [3.8, 4) is 0 Å². The molecule has 0 unspecified atom stereocenters. The van der Waals surface area contributed by atoms with E-state index in [4.69, 9.17) is 9.47 Å². The quantitative estimate of drug-likeness (QED) is 0.366. The molecule has 4 rings (SSSR count). The van der Waals surface area contributed by atoms with Crippen LogP contribution in [-0.4, -0.2) is 56.8 Å². The van der Waals surface area contributed by atoms with Gasteiger partial charge in [-0.05, 0) is 18.1 Å². The van der Waals surface area contributed by atoms with Gasteiger partial charge in [0.2, 0.25) is 5.91 Å². The fraction of sp³-hybridized carbons (Fsp3) is 0.565. The van der Waals surface area contributed by atoms with Gasteiger partial charge in [-0.15, -0.1) is 0 Å². The molecule has 1 amide bonds. The summed E-state index contributed by atoms with van der Waals surface area (Å²) in [6.45, 7) is 4.09. The zero-order valence-corrected chi connectivity index (χ0v) is 17.7. The number of benzene rings is 1. The summed E-state index contributed by atoms with van der Waals surface area (Å²) in [5.74, 6) is 0.120. The Morgan fingerprint density at radius 3 is 2.79 bits per heavy atom. The summed E-state index contributed by atoms with van der Waals surface area (Å²) < 4.78 is 11.2. The Balaban J connectivity index is 1.79. The van der Waals surface area contributed by atoms with Crippen LogP contribution in [0.15, 0.2) is 36.1 Å². The van der Waals surface area contributed by atoms with E-state index in [-0.39, 0.29) is 23.8 Å². The van der Waals surface area contributed by atoms with E-state index >= 15 is 0 Å². The molecule has 2 fully saturated rings. The maximum atomic E-state index is 13.3. The second kappa shape index (κ2) is 7.17. The van der Waals surface area contributed by atoms with Crippen LogP contribution in [0, 0.1) is 11.8 Å². The SMILES string of the molecule is CC[C@H]1C[N@@+]2(C)CC[C@]3(C(=O)Nc4ccccc43)[C@H]2C[C@@H]1/C(=C\OC)C(=O)OC. The molecule has 0 aromatic heterocycles. The molecular weight excluding hydrogens is 368 g/mol. The zero-order valence-electron chi connectivity index (χ0n) is 17.7. The van der Waals surface area contributed by atoms with Crippen LogP contribution in [0.2, 0.25) is 0 Å². The molecule has 156 valence electrons. The Kier molecular flexibility index (Phi) is 4.93.